The SMILES string of the molecule is CCC(N)(CC)c1ccc(N=C(c2cccc(CCC(=O)O)c2)c2c(O)[nH]c3cc(Cl)ccc23)cc1. The second-order valence-corrected chi connectivity index (χ2v) is 9.44. The number of rotatable bonds is 9. The number of nitrogens with two attached hydrogens (primary N) is 1. The van der Waals surface area contributed by atoms with Crippen molar-refractivity contribution in [3.63, 3.8) is 0 Å². The molecule has 0 atom stereocenters. The summed E-state index contributed by atoms with van der Waals surface area (Å²) >= 11 is 6.17. The summed E-state index contributed by atoms with van der Waals surface area (Å²) in [6.07, 6.45) is 2.08. The van der Waals surface area contributed by atoms with E-state index < -0.39 is 11.5 Å². The van der Waals surface area contributed by atoms with E-state index in [1.165, 1.54) is 0 Å². The number of hydrogen-bond donors (Lipinski definition) is 4. The number of carboxylic acid groups (broad SMARTS) is 1. The lowest BCUT2D eigenvalue weighted by molar-refractivity contribution is -0.136. The van der Waals surface area contributed by atoms with Crippen LogP contribution in [0, 0.1) is 0 Å². The molecular weight excluding hydrogens is 474 g/mol. The Balaban J connectivity index is 1.86. The molecule has 0 bridgehead atoms. The normalized spacial score (nSPS) is 12.3. The molecule has 0 saturated heterocycles. The summed E-state index contributed by atoms with van der Waals surface area (Å²) in [5.41, 5.74) is 11.4. The maximum Gasteiger partial charge on any atom is 0.303 e. The molecule has 186 valence electrons. The van der Waals surface area contributed by atoms with E-state index in [1.54, 1.807) is 12.1 Å². The molecule has 4 rings (SSSR count). The predicted octanol–water partition coefficient (Wildman–Crippen LogP) is 6.69. The minimum Gasteiger partial charge on any atom is -0.494 e. The highest BCUT2D eigenvalue weighted by molar-refractivity contribution is 6.31. The fourth-order valence-electron chi connectivity index (χ4n) is 4.44. The summed E-state index contributed by atoms with van der Waals surface area (Å²) in [6.45, 7) is 4.16. The van der Waals surface area contributed by atoms with Gasteiger partial charge in [0.05, 0.1) is 22.5 Å². The van der Waals surface area contributed by atoms with Crippen molar-refractivity contribution in [2.24, 2.45) is 10.7 Å². The van der Waals surface area contributed by atoms with Crippen molar-refractivity contribution in [2.45, 2.75) is 45.1 Å². The largest absolute Gasteiger partial charge is 0.494 e. The fraction of sp³-hybridized carbons (Fsp3) is 0.241. The quantitative estimate of drug-likeness (QED) is 0.191. The van der Waals surface area contributed by atoms with Crippen LogP contribution in [0.15, 0.2) is 71.7 Å². The Labute approximate surface area is 215 Å². The zero-order valence-electron chi connectivity index (χ0n) is 20.4. The lowest BCUT2D eigenvalue weighted by atomic mass is 9.86. The van der Waals surface area contributed by atoms with Gasteiger partial charge in [-0.2, -0.15) is 0 Å². The summed E-state index contributed by atoms with van der Waals surface area (Å²) < 4.78 is 0. The third-order valence-electron chi connectivity index (χ3n) is 6.75. The number of aromatic amines is 1. The van der Waals surface area contributed by atoms with Crippen LogP contribution in [0.5, 0.6) is 5.88 Å². The van der Waals surface area contributed by atoms with Gasteiger partial charge >= 0.3 is 5.97 Å². The van der Waals surface area contributed by atoms with Crippen LogP contribution in [-0.4, -0.2) is 26.9 Å². The molecule has 0 radical (unpaired) electrons. The van der Waals surface area contributed by atoms with E-state index in [-0.39, 0.29) is 12.3 Å². The zero-order chi connectivity index (χ0) is 25.9. The molecule has 36 heavy (non-hydrogen) atoms. The number of nitrogens with zero attached hydrogens (tertiary/aromatic N) is 1. The van der Waals surface area contributed by atoms with Crippen LogP contribution >= 0.6 is 11.6 Å². The van der Waals surface area contributed by atoms with Crippen LogP contribution in [0.1, 0.15) is 55.4 Å². The van der Waals surface area contributed by atoms with Crippen molar-refractivity contribution in [3.05, 3.63) is 94.0 Å². The molecule has 0 spiro atoms. The van der Waals surface area contributed by atoms with Gasteiger partial charge < -0.3 is 20.9 Å². The number of fused-ring (bicyclic) bond motifs is 1. The fourth-order valence-corrected chi connectivity index (χ4v) is 4.61. The number of carbonyl (C=O) groups is 1. The topological polar surface area (TPSA) is 112 Å². The third-order valence-corrected chi connectivity index (χ3v) is 6.99. The molecule has 0 unspecified atom stereocenters. The smallest absolute Gasteiger partial charge is 0.303 e. The van der Waals surface area contributed by atoms with Gasteiger partial charge in [-0.25, -0.2) is 4.99 Å². The first-order valence-corrected chi connectivity index (χ1v) is 12.4. The van der Waals surface area contributed by atoms with Gasteiger partial charge in [-0.15, -0.1) is 0 Å². The number of aryl methyl sites for hydroxylation is 1. The highest BCUT2D eigenvalue weighted by Gasteiger charge is 2.23. The van der Waals surface area contributed by atoms with Crippen molar-refractivity contribution in [1.82, 2.24) is 4.98 Å². The Hall–Kier alpha value is -3.61. The number of benzene rings is 3. The second-order valence-electron chi connectivity index (χ2n) is 9.00. The summed E-state index contributed by atoms with van der Waals surface area (Å²) in [5.74, 6) is -0.868. The Morgan fingerprint density at radius 3 is 2.44 bits per heavy atom. The van der Waals surface area contributed by atoms with E-state index in [9.17, 15) is 9.90 Å². The molecule has 7 heteroatoms. The number of carboxylic acids is 1. The molecule has 0 amide bonds. The minimum atomic E-state index is -0.851. The molecule has 0 aliphatic carbocycles. The van der Waals surface area contributed by atoms with Gasteiger partial charge in [-0.3, -0.25) is 4.79 Å². The van der Waals surface area contributed by atoms with Gasteiger partial charge in [0.25, 0.3) is 0 Å². The zero-order valence-corrected chi connectivity index (χ0v) is 21.1. The van der Waals surface area contributed by atoms with Gasteiger partial charge in [0, 0.05) is 27.9 Å². The molecule has 0 fully saturated rings. The Morgan fingerprint density at radius 2 is 1.78 bits per heavy atom. The van der Waals surface area contributed by atoms with E-state index in [0.29, 0.717) is 33.9 Å². The summed E-state index contributed by atoms with van der Waals surface area (Å²) in [7, 11) is 0. The molecule has 1 aromatic heterocycles. The summed E-state index contributed by atoms with van der Waals surface area (Å²) in [6, 6.07) is 20.8. The number of halogens is 1. The van der Waals surface area contributed by atoms with Gasteiger partial charge in [-0.1, -0.05) is 61.8 Å². The van der Waals surface area contributed by atoms with Crippen molar-refractivity contribution < 1.29 is 15.0 Å². The van der Waals surface area contributed by atoms with E-state index >= 15 is 0 Å². The first-order chi connectivity index (χ1) is 17.2. The second kappa shape index (κ2) is 10.6. The molecule has 6 nitrogen and oxygen atoms in total. The monoisotopic (exact) mass is 503 g/mol. The molecule has 0 aliphatic rings. The molecule has 3 aromatic carbocycles. The van der Waals surface area contributed by atoms with Crippen molar-refractivity contribution in [2.75, 3.05) is 0 Å². The van der Waals surface area contributed by atoms with Crippen molar-refractivity contribution >= 4 is 39.9 Å². The number of nitrogens with one attached hydrogen (secondary N) is 1. The maximum atomic E-state index is 11.1. The molecule has 0 saturated carbocycles. The Kier molecular flexibility index (Phi) is 7.48. The van der Waals surface area contributed by atoms with Gasteiger partial charge in [-0.05, 0) is 60.7 Å². The summed E-state index contributed by atoms with van der Waals surface area (Å²) in [5, 5.41) is 21.4. The van der Waals surface area contributed by atoms with Gasteiger partial charge in [0.1, 0.15) is 0 Å². The highest BCUT2D eigenvalue weighted by Crippen LogP contribution is 2.34. The Morgan fingerprint density at radius 1 is 1.06 bits per heavy atom. The van der Waals surface area contributed by atoms with Crippen LogP contribution in [0.3, 0.4) is 0 Å². The Bertz CT molecular complexity index is 1420. The van der Waals surface area contributed by atoms with E-state index in [4.69, 9.17) is 27.4 Å². The number of aliphatic carboxylic acids is 1. The highest BCUT2D eigenvalue weighted by atomic mass is 35.5. The van der Waals surface area contributed by atoms with Gasteiger partial charge in [0.15, 0.2) is 5.88 Å². The predicted molar refractivity (Wildman–Crippen MR) is 146 cm³/mol. The van der Waals surface area contributed by atoms with E-state index in [2.05, 4.69) is 18.8 Å². The number of hydrogen-bond acceptors (Lipinski definition) is 4. The van der Waals surface area contributed by atoms with Crippen molar-refractivity contribution in [3.8, 4) is 5.88 Å². The average molecular weight is 504 g/mol. The minimum absolute atomic E-state index is 0.0171. The van der Waals surface area contributed by atoms with E-state index in [1.807, 2.05) is 54.6 Å². The number of aromatic hydroxyl groups is 1. The third kappa shape index (κ3) is 5.30. The van der Waals surface area contributed by atoms with Gasteiger partial charge in [0.2, 0.25) is 0 Å². The van der Waals surface area contributed by atoms with Crippen LogP contribution in [-0.2, 0) is 16.8 Å². The molecule has 1 heterocycles. The van der Waals surface area contributed by atoms with Crippen LogP contribution < -0.4 is 5.73 Å². The van der Waals surface area contributed by atoms with Crippen molar-refractivity contribution in [1.29, 1.82) is 0 Å². The lowest BCUT2D eigenvalue weighted by Gasteiger charge is -2.27. The first kappa shape index (κ1) is 25.5. The summed E-state index contributed by atoms with van der Waals surface area (Å²) in [4.78, 5) is 19.1. The molecule has 5 N–H and O–H groups in total. The lowest BCUT2D eigenvalue weighted by Crippen LogP contribution is -2.34. The number of aliphatic imine (C=N–C) groups is 1. The first-order valence-electron chi connectivity index (χ1n) is 12.0. The molecule has 0 aliphatic heterocycles. The molecule has 4 aromatic rings. The van der Waals surface area contributed by atoms with Crippen LogP contribution in [0.2, 0.25) is 5.02 Å². The average Bonchev–Trinajstić information content (AvgIpc) is 3.20. The van der Waals surface area contributed by atoms with E-state index in [0.717, 1.165) is 34.9 Å². The number of H-pyrrole nitrogens is 1. The molecular formula is C29H30ClN3O3. The number of aromatic nitrogens is 1. The van der Waals surface area contributed by atoms with Crippen LogP contribution in [0.25, 0.3) is 10.9 Å². The van der Waals surface area contributed by atoms with Crippen LogP contribution in [0.4, 0.5) is 5.69 Å². The maximum absolute atomic E-state index is 11.1. The standard InChI is InChI=1S/C29H30ClN3O3/c1-3-29(31,4-2)20-9-12-22(13-10-20)32-27(19-7-5-6-18(16-19)8-15-25(34)35)26-23-14-11-21(30)17-24(23)33-28(26)36/h5-7,9-14,16-17,33,36H,3-4,8,15,31H2,1-2H3,(H,34,35).